The van der Waals surface area contributed by atoms with Gasteiger partial charge in [-0.05, 0) is 43.9 Å². The molecule has 0 radical (unpaired) electrons. The number of carboxylic acids is 2. The first kappa shape index (κ1) is 28.6. The van der Waals surface area contributed by atoms with Gasteiger partial charge >= 0.3 is 11.9 Å². The highest BCUT2D eigenvalue weighted by Gasteiger charge is 2.21. The average Bonchev–Trinajstić information content (AvgIpc) is 2.77. The molecule has 1 aromatic rings. The largest absolute Gasteiger partial charge is 0.481 e. The van der Waals surface area contributed by atoms with Crippen LogP contribution in [0.4, 0.5) is 11.4 Å². The Kier molecular flexibility index (Phi) is 13.7. The van der Waals surface area contributed by atoms with Gasteiger partial charge in [-0.25, -0.2) is 0 Å². The predicted molar refractivity (Wildman–Crippen MR) is 133 cm³/mol. The molecule has 2 unspecified atom stereocenters. The molecule has 0 aliphatic carbocycles. The third-order valence-corrected chi connectivity index (χ3v) is 5.08. The number of carboxylic acid groups (broad SMARTS) is 2. The van der Waals surface area contributed by atoms with Crippen molar-refractivity contribution in [3.8, 4) is 0 Å². The van der Waals surface area contributed by atoms with Crippen LogP contribution in [0.3, 0.4) is 0 Å². The predicted octanol–water partition coefficient (Wildman–Crippen LogP) is 5.24. The lowest BCUT2D eigenvalue weighted by Gasteiger charge is -2.13. The van der Waals surface area contributed by atoms with Gasteiger partial charge in [0.1, 0.15) is 0 Å². The number of rotatable bonds is 16. The summed E-state index contributed by atoms with van der Waals surface area (Å²) in [4.78, 5) is 47.6. The van der Waals surface area contributed by atoms with Crippen molar-refractivity contribution in [2.45, 2.75) is 65.2 Å². The highest BCUT2D eigenvalue weighted by Crippen LogP contribution is 2.19. The first-order valence-corrected chi connectivity index (χ1v) is 11.7. The second-order valence-electron chi connectivity index (χ2n) is 8.15. The van der Waals surface area contributed by atoms with Gasteiger partial charge in [0.05, 0.1) is 11.8 Å². The molecule has 0 aromatic heterocycles. The molecule has 0 spiro atoms. The molecular weight excluding hydrogens is 436 g/mol. The van der Waals surface area contributed by atoms with Crippen molar-refractivity contribution in [2.24, 2.45) is 11.8 Å². The molecule has 0 heterocycles. The molecule has 2 amide bonds. The maximum atomic E-state index is 12.4. The van der Waals surface area contributed by atoms with E-state index in [4.69, 9.17) is 0 Å². The van der Waals surface area contributed by atoms with Crippen LogP contribution in [-0.2, 0) is 19.2 Å². The van der Waals surface area contributed by atoms with Crippen LogP contribution in [-0.4, -0.2) is 34.0 Å². The Balaban J connectivity index is 2.67. The molecule has 34 heavy (non-hydrogen) atoms. The topological polar surface area (TPSA) is 133 Å². The van der Waals surface area contributed by atoms with Crippen LogP contribution in [0.2, 0.25) is 0 Å². The SMILES string of the molecule is CCC/C=C/CC(CC(=O)Nc1cccc(NC(=O)CC(C/C=C/CCC)C(=O)O)c1)C(=O)O. The van der Waals surface area contributed by atoms with E-state index in [-0.39, 0.29) is 25.7 Å². The van der Waals surface area contributed by atoms with Crippen LogP contribution < -0.4 is 10.6 Å². The Morgan fingerprint density at radius 2 is 1.18 bits per heavy atom. The molecule has 0 fully saturated rings. The summed E-state index contributed by atoms with van der Waals surface area (Å²) in [6, 6.07) is 6.44. The zero-order valence-corrected chi connectivity index (χ0v) is 20.0. The van der Waals surface area contributed by atoms with Gasteiger partial charge in [-0.1, -0.05) is 57.1 Å². The van der Waals surface area contributed by atoms with Crippen molar-refractivity contribution in [1.29, 1.82) is 0 Å². The van der Waals surface area contributed by atoms with Crippen LogP contribution in [0.1, 0.15) is 65.2 Å². The summed E-state index contributed by atoms with van der Waals surface area (Å²) in [5, 5.41) is 24.1. The van der Waals surface area contributed by atoms with Gasteiger partial charge < -0.3 is 20.8 Å². The molecule has 2 atom stereocenters. The third-order valence-electron chi connectivity index (χ3n) is 5.08. The highest BCUT2D eigenvalue weighted by molar-refractivity contribution is 5.96. The number of carbonyl (C=O) groups excluding carboxylic acids is 2. The minimum Gasteiger partial charge on any atom is -0.481 e. The number of aliphatic carboxylic acids is 2. The lowest BCUT2D eigenvalue weighted by Crippen LogP contribution is -2.22. The van der Waals surface area contributed by atoms with Crippen molar-refractivity contribution in [1.82, 2.24) is 0 Å². The number of carbonyl (C=O) groups is 4. The third kappa shape index (κ3) is 12.0. The zero-order chi connectivity index (χ0) is 25.3. The molecule has 4 N–H and O–H groups in total. The smallest absolute Gasteiger partial charge is 0.307 e. The minimum absolute atomic E-state index is 0.172. The van der Waals surface area contributed by atoms with Crippen molar-refractivity contribution >= 4 is 35.1 Å². The van der Waals surface area contributed by atoms with Crippen LogP contribution in [0, 0.1) is 11.8 Å². The zero-order valence-electron chi connectivity index (χ0n) is 20.0. The van der Waals surface area contributed by atoms with E-state index in [0.717, 1.165) is 25.7 Å². The van der Waals surface area contributed by atoms with E-state index in [0.29, 0.717) is 11.4 Å². The van der Waals surface area contributed by atoms with Gasteiger partial charge in [0, 0.05) is 24.2 Å². The Morgan fingerprint density at radius 3 is 1.53 bits per heavy atom. The second kappa shape index (κ2) is 16.2. The Bertz CT molecular complexity index is 811. The van der Waals surface area contributed by atoms with Crippen LogP contribution >= 0.6 is 0 Å². The molecule has 0 bridgehead atoms. The van der Waals surface area contributed by atoms with Crippen LogP contribution in [0.5, 0.6) is 0 Å². The fraction of sp³-hybridized carbons (Fsp3) is 0.462. The minimum atomic E-state index is -1.03. The van der Waals surface area contributed by atoms with E-state index in [2.05, 4.69) is 10.6 Å². The number of allylic oxidation sites excluding steroid dienone is 4. The maximum Gasteiger partial charge on any atom is 0.307 e. The van der Waals surface area contributed by atoms with E-state index in [9.17, 15) is 29.4 Å². The fourth-order valence-electron chi connectivity index (χ4n) is 3.18. The molecule has 1 aromatic carbocycles. The van der Waals surface area contributed by atoms with E-state index in [1.165, 1.54) is 0 Å². The van der Waals surface area contributed by atoms with Gasteiger partial charge in [0.15, 0.2) is 0 Å². The Morgan fingerprint density at radius 1 is 0.765 bits per heavy atom. The molecule has 0 aliphatic heterocycles. The number of amides is 2. The van der Waals surface area contributed by atoms with Gasteiger partial charge in [0.2, 0.25) is 11.8 Å². The van der Waals surface area contributed by atoms with Crippen molar-refractivity contribution in [3.05, 3.63) is 48.6 Å². The summed E-state index contributed by atoms with van der Waals surface area (Å²) in [5.74, 6) is -4.59. The first-order valence-electron chi connectivity index (χ1n) is 11.7. The summed E-state index contributed by atoms with van der Waals surface area (Å²) < 4.78 is 0. The summed E-state index contributed by atoms with van der Waals surface area (Å²) in [7, 11) is 0. The second-order valence-corrected chi connectivity index (χ2v) is 8.15. The summed E-state index contributed by atoms with van der Waals surface area (Å²) >= 11 is 0. The van der Waals surface area contributed by atoms with Gasteiger partial charge in [-0.15, -0.1) is 0 Å². The number of hydrogen-bond acceptors (Lipinski definition) is 4. The molecule has 0 saturated heterocycles. The van der Waals surface area contributed by atoms with Gasteiger partial charge in [-0.3, -0.25) is 19.2 Å². The van der Waals surface area contributed by atoms with E-state index < -0.39 is 35.6 Å². The monoisotopic (exact) mass is 472 g/mol. The Hall–Kier alpha value is -3.42. The van der Waals surface area contributed by atoms with E-state index >= 15 is 0 Å². The number of hydrogen-bond donors (Lipinski definition) is 4. The lowest BCUT2D eigenvalue weighted by molar-refractivity contribution is -0.143. The lowest BCUT2D eigenvalue weighted by atomic mass is 10.0. The quantitative estimate of drug-likeness (QED) is 0.243. The van der Waals surface area contributed by atoms with Crippen LogP contribution in [0.25, 0.3) is 0 Å². The van der Waals surface area contributed by atoms with Crippen LogP contribution in [0.15, 0.2) is 48.6 Å². The molecule has 0 aliphatic rings. The summed E-state index contributed by atoms with van der Waals surface area (Å²) in [5.41, 5.74) is 0.816. The van der Waals surface area contributed by atoms with Crippen molar-refractivity contribution in [2.75, 3.05) is 10.6 Å². The Labute approximate surface area is 201 Å². The van der Waals surface area contributed by atoms with Gasteiger partial charge in [-0.2, -0.15) is 0 Å². The van der Waals surface area contributed by atoms with Crippen molar-refractivity contribution in [3.63, 3.8) is 0 Å². The highest BCUT2D eigenvalue weighted by atomic mass is 16.4. The molecule has 8 nitrogen and oxygen atoms in total. The number of benzene rings is 1. The van der Waals surface area contributed by atoms with Gasteiger partial charge in [0.25, 0.3) is 0 Å². The standard InChI is InChI=1S/C26H36N2O6/c1-3-5-7-9-12-19(25(31)32)16-23(29)27-21-14-11-15-22(18-21)28-24(30)17-20(26(33)34)13-10-8-6-4-2/h7-11,14-15,18-20H,3-6,12-13,16-17H2,1-2H3,(H,27,29)(H,28,30)(H,31,32)(H,33,34)/b9-7+,10-8+. The molecule has 186 valence electrons. The normalized spacial score (nSPS) is 13.0. The van der Waals surface area contributed by atoms with Crippen molar-refractivity contribution < 1.29 is 29.4 Å². The maximum absolute atomic E-state index is 12.4. The fourth-order valence-corrected chi connectivity index (χ4v) is 3.18. The number of anilines is 2. The van der Waals surface area contributed by atoms with E-state index in [1.807, 2.05) is 26.0 Å². The average molecular weight is 473 g/mol. The first-order chi connectivity index (χ1) is 16.3. The molecule has 8 heteroatoms. The summed E-state index contributed by atoms with van der Waals surface area (Å²) in [6.07, 6.45) is 11.3. The molecular formula is C26H36N2O6. The molecule has 1 rings (SSSR count). The van der Waals surface area contributed by atoms with E-state index in [1.54, 1.807) is 36.4 Å². The molecule has 0 saturated carbocycles. The number of unbranched alkanes of at least 4 members (excludes halogenated alkanes) is 2. The summed E-state index contributed by atoms with van der Waals surface area (Å²) in [6.45, 7) is 4.05. The number of nitrogens with one attached hydrogen (secondary N) is 2.